The van der Waals surface area contributed by atoms with Gasteiger partial charge in [0.15, 0.2) is 0 Å². The Labute approximate surface area is 201 Å². The van der Waals surface area contributed by atoms with Gasteiger partial charge in [-0.05, 0) is 55.3 Å². The Kier molecular flexibility index (Phi) is 6.83. The number of anilines is 2. The zero-order valence-electron chi connectivity index (χ0n) is 17.8. The standard InChI is InChI=1S/C26H20ClN3O2S/c1-17-7-13-21(14-8-17)30-25(32)23(15-18-9-11-19(27)12-10-18)33-26(30)22(16-28)24(31)29-20-5-3-2-4-6-20/h2-14,23H,15H2,1H3,(H,29,31)/b26-22-. The number of thioether (sulfide) groups is 1. The molecule has 3 aromatic rings. The van der Waals surface area contributed by atoms with Gasteiger partial charge in [0, 0.05) is 16.4 Å². The Morgan fingerprint density at radius 3 is 2.36 bits per heavy atom. The van der Waals surface area contributed by atoms with Gasteiger partial charge in [-0.3, -0.25) is 14.5 Å². The molecule has 1 saturated heterocycles. The second kappa shape index (κ2) is 9.95. The molecule has 4 rings (SSSR count). The van der Waals surface area contributed by atoms with Crippen molar-refractivity contribution in [2.45, 2.75) is 18.6 Å². The number of halogens is 1. The molecule has 164 valence electrons. The van der Waals surface area contributed by atoms with Gasteiger partial charge in [-0.2, -0.15) is 5.26 Å². The lowest BCUT2D eigenvalue weighted by atomic mass is 10.1. The summed E-state index contributed by atoms with van der Waals surface area (Å²) in [6, 6.07) is 25.7. The van der Waals surface area contributed by atoms with Crippen LogP contribution in [0.1, 0.15) is 11.1 Å². The predicted octanol–water partition coefficient (Wildman–Crippen LogP) is 5.71. The molecule has 33 heavy (non-hydrogen) atoms. The molecule has 0 bridgehead atoms. The Bertz CT molecular complexity index is 1250. The Morgan fingerprint density at radius 1 is 1.06 bits per heavy atom. The van der Waals surface area contributed by atoms with Gasteiger partial charge in [-0.1, -0.05) is 71.4 Å². The number of carbonyl (C=O) groups excluding carboxylic acids is 2. The molecular formula is C26H20ClN3O2S. The number of hydrogen-bond acceptors (Lipinski definition) is 4. The molecule has 1 aliphatic heterocycles. The minimum absolute atomic E-state index is 0.101. The Balaban J connectivity index is 1.72. The number of nitriles is 1. The lowest BCUT2D eigenvalue weighted by Gasteiger charge is -2.19. The van der Waals surface area contributed by atoms with Crippen LogP contribution in [0.25, 0.3) is 0 Å². The molecule has 1 fully saturated rings. The molecule has 5 nitrogen and oxygen atoms in total. The van der Waals surface area contributed by atoms with Crippen molar-refractivity contribution in [1.29, 1.82) is 5.26 Å². The van der Waals surface area contributed by atoms with Crippen molar-refractivity contribution in [3.8, 4) is 6.07 Å². The monoisotopic (exact) mass is 473 g/mol. The largest absolute Gasteiger partial charge is 0.321 e. The van der Waals surface area contributed by atoms with Crippen molar-refractivity contribution in [3.63, 3.8) is 0 Å². The third-order valence-corrected chi connectivity index (χ3v) is 6.68. The number of aryl methyl sites for hydroxylation is 1. The molecular weight excluding hydrogens is 454 g/mol. The fourth-order valence-electron chi connectivity index (χ4n) is 3.47. The van der Waals surface area contributed by atoms with Crippen LogP contribution in [0.2, 0.25) is 5.02 Å². The number of rotatable bonds is 5. The fraction of sp³-hybridized carbons (Fsp3) is 0.115. The second-order valence-corrected chi connectivity index (χ2v) is 9.19. The van der Waals surface area contributed by atoms with E-state index in [1.807, 2.05) is 55.5 Å². The van der Waals surface area contributed by atoms with Gasteiger partial charge in [0.2, 0.25) is 5.91 Å². The lowest BCUT2D eigenvalue weighted by molar-refractivity contribution is -0.117. The molecule has 1 N–H and O–H groups in total. The summed E-state index contributed by atoms with van der Waals surface area (Å²) < 4.78 is 0. The van der Waals surface area contributed by atoms with E-state index < -0.39 is 11.2 Å². The van der Waals surface area contributed by atoms with Crippen molar-refractivity contribution in [1.82, 2.24) is 0 Å². The van der Waals surface area contributed by atoms with E-state index in [-0.39, 0.29) is 11.5 Å². The van der Waals surface area contributed by atoms with Crippen LogP contribution in [-0.2, 0) is 16.0 Å². The molecule has 7 heteroatoms. The highest BCUT2D eigenvalue weighted by Crippen LogP contribution is 2.42. The summed E-state index contributed by atoms with van der Waals surface area (Å²) in [6.07, 6.45) is 0.450. The third kappa shape index (κ3) is 5.11. The maximum absolute atomic E-state index is 13.5. The lowest BCUT2D eigenvalue weighted by Crippen LogP contribution is -2.30. The zero-order valence-corrected chi connectivity index (χ0v) is 19.4. The SMILES string of the molecule is Cc1ccc(N2C(=O)C(Cc3ccc(Cl)cc3)S/C2=C(/C#N)C(=O)Nc2ccccc2)cc1. The molecule has 2 amide bonds. The maximum Gasteiger partial charge on any atom is 0.269 e. The molecule has 0 spiro atoms. The Hall–Kier alpha value is -3.53. The van der Waals surface area contributed by atoms with E-state index in [4.69, 9.17) is 11.6 Å². The van der Waals surface area contributed by atoms with E-state index in [1.54, 1.807) is 36.4 Å². The molecule has 1 heterocycles. The summed E-state index contributed by atoms with van der Waals surface area (Å²) in [7, 11) is 0. The van der Waals surface area contributed by atoms with Crippen LogP contribution in [0, 0.1) is 18.3 Å². The average Bonchev–Trinajstić information content (AvgIpc) is 3.12. The zero-order chi connectivity index (χ0) is 23.4. The number of para-hydroxylation sites is 1. The van der Waals surface area contributed by atoms with Crippen LogP contribution in [0.15, 0.2) is 89.5 Å². The van der Waals surface area contributed by atoms with Crippen LogP contribution in [0.5, 0.6) is 0 Å². The number of nitrogens with zero attached hydrogens (tertiary/aromatic N) is 2. The topological polar surface area (TPSA) is 73.2 Å². The number of hydrogen-bond donors (Lipinski definition) is 1. The first-order valence-corrected chi connectivity index (χ1v) is 11.5. The highest BCUT2D eigenvalue weighted by Gasteiger charge is 2.40. The molecule has 0 aliphatic carbocycles. The summed E-state index contributed by atoms with van der Waals surface area (Å²) >= 11 is 7.23. The molecule has 0 aromatic heterocycles. The van der Waals surface area contributed by atoms with Gasteiger partial charge in [0.1, 0.15) is 16.7 Å². The summed E-state index contributed by atoms with van der Waals surface area (Å²) in [4.78, 5) is 28.0. The van der Waals surface area contributed by atoms with E-state index >= 15 is 0 Å². The molecule has 0 saturated carbocycles. The molecule has 0 radical (unpaired) electrons. The van der Waals surface area contributed by atoms with Gasteiger partial charge in [-0.15, -0.1) is 0 Å². The maximum atomic E-state index is 13.5. The summed E-state index contributed by atoms with van der Waals surface area (Å²) in [5.74, 6) is -0.725. The van der Waals surface area contributed by atoms with Crippen molar-refractivity contribution in [2.75, 3.05) is 10.2 Å². The second-order valence-electron chi connectivity index (χ2n) is 7.56. The average molecular weight is 474 g/mol. The smallest absolute Gasteiger partial charge is 0.269 e. The van der Waals surface area contributed by atoms with Gasteiger partial charge in [-0.25, -0.2) is 0 Å². The first-order chi connectivity index (χ1) is 16.0. The molecule has 3 aromatic carbocycles. The van der Waals surface area contributed by atoms with Crippen molar-refractivity contribution in [3.05, 3.63) is 106 Å². The summed E-state index contributed by atoms with van der Waals surface area (Å²) in [5, 5.41) is 13.1. The molecule has 1 aliphatic rings. The van der Waals surface area contributed by atoms with Crippen LogP contribution in [-0.4, -0.2) is 17.1 Å². The van der Waals surface area contributed by atoms with Crippen LogP contribution < -0.4 is 10.2 Å². The van der Waals surface area contributed by atoms with E-state index in [1.165, 1.54) is 16.7 Å². The fourth-order valence-corrected chi connectivity index (χ4v) is 4.90. The van der Waals surface area contributed by atoms with Crippen molar-refractivity contribution in [2.24, 2.45) is 0 Å². The van der Waals surface area contributed by atoms with E-state index in [0.29, 0.717) is 27.8 Å². The molecule has 1 atom stereocenters. The summed E-state index contributed by atoms with van der Waals surface area (Å²) in [5.41, 5.74) is 3.08. The number of amides is 2. The van der Waals surface area contributed by atoms with Crippen LogP contribution in [0.4, 0.5) is 11.4 Å². The van der Waals surface area contributed by atoms with Gasteiger partial charge in [0.25, 0.3) is 5.91 Å². The summed E-state index contributed by atoms with van der Waals surface area (Å²) in [6.45, 7) is 1.96. The number of carbonyl (C=O) groups is 2. The van der Waals surface area contributed by atoms with Crippen molar-refractivity contribution >= 4 is 46.6 Å². The van der Waals surface area contributed by atoms with E-state index in [9.17, 15) is 14.9 Å². The Morgan fingerprint density at radius 2 is 1.73 bits per heavy atom. The first-order valence-electron chi connectivity index (χ1n) is 10.3. The predicted molar refractivity (Wildman–Crippen MR) is 133 cm³/mol. The molecule has 1 unspecified atom stereocenters. The van der Waals surface area contributed by atoms with Crippen LogP contribution >= 0.6 is 23.4 Å². The van der Waals surface area contributed by atoms with Gasteiger partial charge < -0.3 is 5.32 Å². The number of benzene rings is 3. The number of nitrogens with one attached hydrogen (secondary N) is 1. The quantitative estimate of drug-likeness (QED) is 0.380. The van der Waals surface area contributed by atoms with Crippen LogP contribution in [0.3, 0.4) is 0 Å². The van der Waals surface area contributed by atoms with Gasteiger partial charge >= 0.3 is 0 Å². The van der Waals surface area contributed by atoms with E-state index in [2.05, 4.69) is 5.32 Å². The first kappa shape index (κ1) is 22.7. The minimum Gasteiger partial charge on any atom is -0.321 e. The highest BCUT2D eigenvalue weighted by molar-refractivity contribution is 8.05. The minimum atomic E-state index is -0.553. The van der Waals surface area contributed by atoms with Crippen molar-refractivity contribution < 1.29 is 9.59 Å². The third-order valence-electron chi connectivity index (χ3n) is 5.16. The normalized spacial score (nSPS) is 16.9. The highest BCUT2D eigenvalue weighted by atomic mass is 35.5. The van der Waals surface area contributed by atoms with Gasteiger partial charge in [0.05, 0.1) is 5.25 Å². The van der Waals surface area contributed by atoms with E-state index in [0.717, 1.165) is 11.1 Å².